The third-order valence-electron chi connectivity index (χ3n) is 4.62. The Bertz CT molecular complexity index is 1200. The minimum atomic E-state index is -0.271. The summed E-state index contributed by atoms with van der Waals surface area (Å²) in [7, 11) is 1.61. The van der Waals surface area contributed by atoms with Crippen molar-refractivity contribution in [2.75, 3.05) is 19.0 Å². The Morgan fingerprint density at radius 2 is 1.87 bits per heavy atom. The molecule has 0 saturated heterocycles. The number of halogens is 1. The molecule has 0 aliphatic carbocycles. The number of fused-ring (bicyclic) bond motifs is 1. The number of benzene rings is 3. The largest absolute Gasteiger partial charge is 0.497 e. The van der Waals surface area contributed by atoms with Gasteiger partial charge in [0.15, 0.2) is 12.2 Å². The van der Waals surface area contributed by atoms with Crippen molar-refractivity contribution in [2.24, 2.45) is 0 Å². The van der Waals surface area contributed by atoms with Gasteiger partial charge in [0.05, 0.1) is 7.11 Å². The van der Waals surface area contributed by atoms with E-state index in [-0.39, 0.29) is 12.5 Å². The van der Waals surface area contributed by atoms with E-state index in [1.54, 1.807) is 31.4 Å². The van der Waals surface area contributed by atoms with E-state index in [1.807, 2.05) is 43.3 Å². The second-order valence-electron chi connectivity index (χ2n) is 6.62. The quantitative estimate of drug-likeness (QED) is 0.445. The molecule has 0 aliphatic rings. The standard InChI is InChI=1S/C23H19ClN2O4/c1-14-18(23-26-20-12-17(28-2)10-11-21(20)30-23)4-3-5-19(14)25-22(27)13-29-16-8-6-15(24)7-9-16/h3-12H,13H2,1-2H3,(H,25,27). The van der Waals surface area contributed by atoms with Crippen LogP contribution in [0.2, 0.25) is 5.02 Å². The Morgan fingerprint density at radius 3 is 2.63 bits per heavy atom. The fourth-order valence-corrected chi connectivity index (χ4v) is 3.14. The van der Waals surface area contributed by atoms with Crippen LogP contribution in [0.15, 0.2) is 65.1 Å². The van der Waals surface area contributed by atoms with Crippen LogP contribution in [0.1, 0.15) is 5.56 Å². The van der Waals surface area contributed by atoms with Gasteiger partial charge in [0, 0.05) is 22.3 Å². The first-order valence-corrected chi connectivity index (χ1v) is 9.64. The van der Waals surface area contributed by atoms with Gasteiger partial charge in [-0.15, -0.1) is 0 Å². The molecule has 1 N–H and O–H groups in total. The fraction of sp³-hybridized carbons (Fsp3) is 0.130. The number of hydrogen-bond acceptors (Lipinski definition) is 5. The van der Waals surface area contributed by atoms with Crippen molar-refractivity contribution in [3.63, 3.8) is 0 Å². The van der Waals surface area contributed by atoms with Crippen LogP contribution in [0.5, 0.6) is 11.5 Å². The van der Waals surface area contributed by atoms with Crippen molar-refractivity contribution in [3.8, 4) is 23.0 Å². The smallest absolute Gasteiger partial charge is 0.262 e. The van der Waals surface area contributed by atoms with Crippen LogP contribution in [0.25, 0.3) is 22.6 Å². The molecule has 0 aliphatic heterocycles. The molecule has 1 heterocycles. The van der Waals surface area contributed by atoms with Gasteiger partial charge in [-0.05, 0) is 61.0 Å². The average molecular weight is 423 g/mol. The monoisotopic (exact) mass is 422 g/mol. The molecular weight excluding hydrogens is 404 g/mol. The molecule has 1 aromatic heterocycles. The Labute approximate surface area is 178 Å². The molecule has 30 heavy (non-hydrogen) atoms. The Balaban J connectivity index is 1.51. The molecule has 6 nitrogen and oxygen atoms in total. The van der Waals surface area contributed by atoms with Gasteiger partial charge < -0.3 is 19.2 Å². The molecule has 0 unspecified atom stereocenters. The van der Waals surface area contributed by atoms with E-state index in [2.05, 4.69) is 10.3 Å². The number of oxazole rings is 1. The summed E-state index contributed by atoms with van der Waals surface area (Å²) in [4.78, 5) is 16.9. The maximum atomic E-state index is 12.3. The highest BCUT2D eigenvalue weighted by atomic mass is 35.5. The van der Waals surface area contributed by atoms with Crippen molar-refractivity contribution < 1.29 is 18.7 Å². The molecule has 3 aromatic carbocycles. The number of carbonyl (C=O) groups excluding carboxylic acids is 1. The Kier molecular flexibility index (Phi) is 5.59. The number of methoxy groups -OCH3 is 1. The van der Waals surface area contributed by atoms with Gasteiger partial charge in [-0.1, -0.05) is 17.7 Å². The molecule has 1 amide bonds. The predicted molar refractivity (Wildman–Crippen MR) is 116 cm³/mol. The third kappa shape index (κ3) is 4.23. The van der Waals surface area contributed by atoms with E-state index >= 15 is 0 Å². The molecule has 0 atom stereocenters. The van der Waals surface area contributed by atoms with Crippen LogP contribution >= 0.6 is 11.6 Å². The highest BCUT2D eigenvalue weighted by Crippen LogP contribution is 2.31. The molecule has 0 spiro atoms. The van der Waals surface area contributed by atoms with Crippen molar-refractivity contribution in [1.29, 1.82) is 0 Å². The van der Waals surface area contributed by atoms with E-state index < -0.39 is 0 Å². The maximum absolute atomic E-state index is 12.3. The summed E-state index contributed by atoms with van der Waals surface area (Å²) in [5, 5.41) is 3.48. The number of nitrogens with zero attached hydrogens (tertiary/aromatic N) is 1. The first-order chi connectivity index (χ1) is 14.5. The highest BCUT2D eigenvalue weighted by Gasteiger charge is 2.15. The van der Waals surface area contributed by atoms with Gasteiger partial charge >= 0.3 is 0 Å². The Hall–Kier alpha value is -3.51. The first kappa shape index (κ1) is 19.8. The predicted octanol–water partition coefficient (Wildman–Crippen LogP) is 5.48. The maximum Gasteiger partial charge on any atom is 0.262 e. The summed E-state index contributed by atoms with van der Waals surface area (Å²) >= 11 is 5.85. The van der Waals surface area contributed by atoms with Crippen molar-refractivity contribution >= 4 is 34.3 Å². The fourth-order valence-electron chi connectivity index (χ4n) is 3.02. The summed E-state index contributed by atoms with van der Waals surface area (Å²) in [5.41, 5.74) is 3.67. The molecule has 4 aromatic rings. The number of carbonyl (C=O) groups is 1. The lowest BCUT2D eigenvalue weighted by atomic mass is 10.1. The molecule has 4 rings (SSSR count). The molecule has 0 bridgehead atoms. The number of amides is 1. The molecule has 0 radical (unpaired) electrons. The molecule has 0 fully saturated rings. The lowest BCUT2D eigenvalue weighted by molar-refractivity contribution is -0.118. The zero-order valence-electron chi connectivity index (χ0n) is 16.4. The topological polar surface area (TPSA) is 73.6 Å². The van der Waals surface area contributed by atoms with Crippen molar-refractivity contribution in [1.82, 2.24) is 4.98 Å². The number of ether oxygens (including phenoxy) is 2. The minimum Gasteiger partial charge on any atom is -0.497 e. The van der Waals surface area contributed by atoms with Gasteiger partial charge in [0.2, 0.25) is 5.89 Å². The van der Waals surface area contributed by atoms with E-state index in [9.17, 15) is 4.79 Å². The van der Waals surface area contributed by atoms with Crippen LogP contribution in [0.4, 0.5) is 5.69 Å². The number of hydrogen-bond donors (Lipinski definition) is 1. The summed E-state index contributed by atoms with van der Waals surface area (Å²) in [6, 6.07) is 17.9. The number of aromatic nitrogens is 1. The van der Waals surface area contributed by atoms with E-state index in [0.717, 1.165) is 11.1 Å². The van der Waals surface area contributed by atoms with Gasteiger partial charge in [-0.25, -0.2) is 4.98 Å². The molecule has 7 heteroatoms. The second kappa shape index (κ2) is 8.47. The summed E-state index contributed by atoms with van der Waals surface area (Å²) in [6.45, 7) is 1.79. The second-order valence-corrected chi connectivity index (χ2v) is 7.06. The van der Waals surface area contributed by atoms with Crippen LogP contribution in [0, 0.1) is 6.92 Å². The van der Waals surface area contributed by atoms with Gasteiger partial charge in [-0.2, -0.15) is 0 Å². The minimum absolute atomic E-state index is 0.117. The van der Waals surface area contributed by atoms with Crippen LogP contribution in [-0.2, 0) is 4.79 Å². The number of nitrogens with one attached hydrogen (secondary N) is 1. The summed E-state index contributed by atoms with van der Waals surface area (Å²) in [5.74, 6) is 1.49. The van der Waals surface area contributed by atoms with E-state index in [0.29, 0.717) is 39.2 Å². The van der Waals surface area contributed by atoms with Crippen LogP contribution < -0.4 is 14.8 Å². The average Bonchev–Trinajstić information content (AvgIpc) is 3.17. The first-order valence-electron chi connectivity index (χ1n) is 9.26. The van der Waals surface area contributed by atoms with Gasteiger partial charge in [0.1, 0.15) is 17.0 Å². The van der Waals surface area contributed by atoms with E-state index in [1.165, 1.54) is 0 Å². The van der Waals surface area contributed by atoms with Crippen molar-refractivity contribution in [3.05, 3.63) is 71.2 Å². The lowest BCUT2D eigenvalue weighted by Crippen LogP contribution is -2.20. The number of rotatable bonds is 6. The summed E-state index contributed by atoms with van der Waals surface area (Å²) < 4.78 is 16.6. The zero-order valence-corrected chi connectivity index (χ0v) is 17.2. The number of anilines is 1. The van der Waals surface area contributed by atoms with Crippen LogP contribution in [0.3, 0.4) is 0 Å². The van der Waals surface area contributed by atoms with Gasteiger partial charge in [-0.3, -0.25) is 4.79 Å². The van der Waals surface area contributed by atoms with E-state index in [4.69, 9.17) is 25.5 Å². The normalized spacial score (nSPS) is 10.8. The van der Waals surface area contributed by atoms with Crippen LogP contribution in [-0.4, -0.2) is 24.6 Å². The Morgan fingerprint density at radius 1 is 1.10 bits per heavy atom. The summed E-state index contributed by atoms with van der Waals surface area (Å²) in [6.07, 6.45) is 0. The van der Waals surface area contributed by atoms with Crippen molar-refractivity contribution in [2.45, 2.75) is 6.92 Å². The molecule has 0 saturated carbocycles. The molecular formula is C23H19ClN2O4. The third-order valence-corrected chi connectivity index (χ3v) is 4.87. The zero-order chi connectivity index (χ0) is 21.1. The SMILES string of the molecule is COc1ccc2oc(-c3cccc(NC(=O)COc4ccc(Cl)cc4)c3C)nc2c1. The highest BCUT2D eigenvalue weighted by molar-refractivity contribution is 6.30. The molecule has 152 valence electrons. The lowest BCUT2D eigenvalue weighted by Gasteiger charge is -2.11. The van der Waals surface area contributed by atoms with Gasteiger partial charge in [0.25, 0.3) is 5.91 Å².